The molecule has 3 aromatic rings. The second-order valence-corrected chi connectivity index (χ2v) is 24.3. The molecule has 37 heavy (non-hydrogen) atoms. The first-order valence-corrected chi connectivity index (χ1v) is 24.7. The zero-order valence-electron chi connectivity index (χ0n) is 21.1. The Balaban J connectivity index is 1.37. The van der Waals surface area contributed by atoms with E-state index < -0.39 is 8.80 Å². The first-order valence-electron chi connectivity index (χ1n) is 11.8. The highest BCUT2D eigenvalue weighted by atomic mass is 34.0. The van der Waals surface area contributed by atoms with Gasteiger partial charge in [-0.3, -0.25) is 0 Å². The fourth-order valence-corrected chi connectivity index (χ4v) is 24.3. The summed E-state index contributed by atoms with van der Waals surface area (Å²) in [6, 6.07) is 15.9. The highest BCUT2D eigenvalue weighted by Crippen LogP contribution is 2.59. The zero-order valence-corrected chi connectivity index (χ0v) is 29.5. The van der Waals surface area contributed by atoms with Gasteiger partial charge in [0.25, 0.3) is 0 Å². The van der Waals surface area contributed by atoms with Crippen LogP contribution in [0.1, 0.15) is 38.3 Å². The molecule has 0 aliphatic heterocycles. The molecule has 4 nitrogen and oxygen atoms in total. The predicted molar refractivity (Wildman–Crippen MR) is 182 cm³/mol. The number of aryl methyl sites for hydroxylation is 2. The fraction of sp³-hybridized carbons (Fsp3) is 0.435. The van der Waals surface area contributed by atoms with E-state index in [2.05, 4.69) is 48.3 Å². The third kappa shape index (κ3) is 11.6. The van der Waals surface area contributed by atoms with Crippen LogP contribution in [0.4, 0.5) is 0 Å². The van der Waals surface area contributed by atoms with Gasteiger partial charge >= 0.3 is 8.80 Å². The summed E-state index contributed by atoms with van der Waals surface area (Å²) in [5.41, 5.74) is 3.77. The standard InChI is InChI=1S/C23H31NO3S9Si/c1-5-25-37(26-6-2,27-7-3)16-10-11-19-17-18(4)14-15-21(19)29-31-33-35-36-34-32-30-23-24-20-12-8-9-13-22(20)28-23/h8-9,12-15,17H,5-7,10-11,16H2,1-4H3. The highest BCUT2D eigenvalue weighted by molar-refractivity contribution is 9.48. The Hall–Kier alpha value is 1.23. The van der Waals surface area contributed by atoms with Crippen molar-refractivity contribution >= 4 is 111 Å². The topological polar surface area (TPSA) is 40.6 Å². The number of para-hydroxylation sites is 1. The maximum atomic E-state index is 6.03. The predicted octanol–water partition coefficient (Wildman–Crippen LogP) is 11.3. The Morgan fingerprint density at radius 2 is 1.46 bits per heavy atom. The smallest absolute Gasteiger partial charge is 0.374 e. The molecule has 0 saturated carbocycles. The molecule has 0 saturated heterocycles. The van der Waals surface area contributed by atoms with Crippen LogP contribution in [0.5, 0.6) is 0 Å². The van der Waals surface area contributed by atoms with Crippen molar-refractivity contribution in [3.8, 4) is 0 Å². The summed E-state index contributed by atoms with van der Waals surface area (Å²) >= 11 is 1.75. The van der Waals surface area contributed by atoms with Gasteiger partial charge < -0.3 is 13.3 Å². The number of fused-ring (bicyclic) bond motifs is 1. The summed E-state index contributed by atoms with van der Waals surface area (Å²) in [6.07, 6.45) is 1.99. The minimum absolute atomic E-state index is 0.624. The van der Waals surface area contributed by atoms with Crippen LogP contribution in [0.25, 0.3) is 10.2 Å². The van der Waals surface area contributed by atoms with Crippen LogP contribution in [-0.2, 0) is 19.7 Å². The maximum absolute atomic E-state index is 6.03. The molecule has 204 valence electrons. The third-order valence-corrected chi connectivity index (χ3v) is 24.4. The molecule has 0 N–H and O–H groups in total. The quantitative estimate of drug-likeness (QED) is 0.0685. The number of hydrogen-bond donors (Lipinski definition) is 0. The minimum atomic E-state index is -2.59. The normalized spacial score (nSPS) is 12.0. The van der Waals surface area contributed by atoms with Gasteiger partial charge in [0.15, 0.2) is 4.34 Å². The van der Waals surface area contributed by atoms with Crippen LogP contribution in [0.3, 0.4) is 0 Å². The molecule has 3 rings (SSSR count). The van der Waals surface area contributed by atoms with Crippen molar-refractivity contribution in [2.24, 2.45) is 0 Å². The Labute approximate surface area is 256 Å². The Morgan fingerprint density at radius 1 is 0.811 bits per heavy atom. The van der Waals surface area contributed by atoms with Crippen molar-refractivity contribution in [3.05, 3.63) is 53.6 Å². The summed E-state index contributed by atoms with van der Waals surface area (Å²) in [5.74, 6) is 0. The van der Waals surface area contributed by atoms with Gasteiger partial charge in [-0.1, -0.05) is 29.8 Å². The summed E-state index contributed by atoms with van der Waals surface area (Å²) in [7, 11) is 11.8. The SMILES string of the molecule is CCO[Si](CCCc1cc(C)ccc1SSSSSSSSc1nc2ccccc2s1)(OCC)OCC. The van der Waals surface area contributed by atoms with Gasteiger partial charge in [0.1, 0.15) is 0 Å². The van der Waals surface area contributed by atoms with Gasteiger partial charge in [0.05, 0.1) is 10.2 Å². The number of hydrogen-bond acceptors (Lipinski definition) is 13. The van der Waals surface area contributed by atoms with E-state index in [-0.39, 0.29) is 0 Å². The molecule has 0 atom stereocenters. The van der Waals surface area contributed by atoms with Gasteiger partial charge in [-0.25, -0.2) is 4.98 Å². The first-order chi connectivity index (χ1) is 18.1. The number of thiazole rings is 1. The van der Waals surface area contributed by atoms with Gasteiger partial charge in [-0.2, -0.15) is 0 Å². The molecule has 0 bridgehead atoms. The second-order valence-electron chi connectivity index (χ2n) is 7.47. The lowest BCUT2D eigenvalue weighted by molar-refractivity contribution is 0.0708. The lowest BCUT2D eigenvalue weighted by atomic mass is 10.1. The molecule has 0 fully saturated rings. The molecule has 2 aromatic carbocycles. The van der Waals surface area contributed by atoms with E-state index >= 15 is 0 Å². The van der Waals surface area contributed by atoms with E-state index in [0.717, 1.165) is 28.7 Å². The Morgan fingerprint density at radius 3 is 2.14 bits per heavy atom. The van der Waals surface area contributed by atoms with Gasteiger partial charge in [0.2, 0.25) is 0 Å². The molecule has 0 spiro atoms. The number of rotatable bonds is 19. The fourth-order valence-electron chi connectivity index (χ4n) is 3.51. The second kappa shape index (κ2) is 18.6. The molecule has 14 heteroatoms. The zero-order chi connectivity index (χ0) is 26.3. The minimum Gasteiger partial charge on any atom is -0.374 e. The van der Waals surface area contributed by atoms with Crippen LogP contribution < -0.4 is 0 Å². The Kier molecular flexibility index (Phi) is 16.5. The van der Waals surface area contributed by atoms with E-state index in [0.29, 0.717) is 19.8 Å². The molecule has 0 aliphatic carbocycles. The third-order valence-electron chi connectivity index (χ3n) is 4.88. The molecule has 1 aromatic heterocycles. The van der Waals surface area contributed by atoms with E-state index in [9.17, 15) is 0 Å². The molecule has 0 amide bonds. The summed E-state index contributed by atoms with van der Waals surface area (Å²) in [6.45, 7) is 10.1. The van der Waals surface area contributed by atoms with Crippen LogP contribution in [-0.4, -0.2) is 33.6 Å². The molecule has 1 heterocycles. The largest absolute Gasteiger partial charge is 0.500 e. The number of nitrogens with zero attached hydrogens (tertiary/aromatic N) is 1. The Bertz CT molecular complexity index is 1020. The van der Waals surface area contributed by atoms with Crippen molar-refractivity contribution in [1.82, 2.24) is 4.98 Å². The number of benzene rings is 2. The van der Waals surface area contributed by atoms with E-state index in [4.69, 9.17) is 13.3 Å². The molecule has 0 unspecified atom stereocenters. The van der Waals surface area contributed by atoms with Gasteiger partial charge in [-0.05, 0) is 145 Å². The van der Waals surface area contributed by atoms with Crippen molar-refractivity contribution < 1.29 is 13.3 Å². The van der Waals surface area contributed by atoms with Crippen molar-refractivity contribution in [2.45, 2.75) is 55.8 Å². The highest BCUT2D eigenvalue weighted by Gasteiger charge is 2.39. The van der Waals surface area contributed by atoms with Gasteiger partial charge in [-0.15, -0.1) is 11.3 Å². The lowest BCUT2D eigenvalue weighted by Gasteiger charge is -2.28. The summed E-state index contributed by atoms with van der Waals surface area (Å²) < 4.78 is 20.4. The van der Waals surface area contributed by atoms with Crippen LogP contribution >= 0.6 is 91.9 Å². The average molecular weight is 686 g/mol. The molecule has 0 aliphatic rings. The van der Waals surface area contributed by atoms with Crippen molar-refractivity contribution in [3.63, 3.8) is 0 Å². The first kappa shape index (κ1) is 32.7. The van der Waals surface area contributed by atoms with Crippen LogP contribution in [0, 0.1) is 6.92 Å². The van der Waals surface area contributed by atoms with Crippen molar-refractivity contribution in [2.75, 3.05) is 19.8 Å². The van der Waals surface area contributed by atoms with Crippen LogP contribution in [0.15, 0.2) is 51.7 Å². The van der Waals surface area contributed by atoms with E-state index in [1.165, 1.54) is 20.7 Å². The monoisotopic (exact) mass is 685 g/mol. The van der Waals surface area contributed by atoms with Crippen LogP contribution in [0.2, 0.25) is 6.04 Å². The molecule has 0 radical (unpaired) electrons. The van der Waals surface area contributed by atoms with E-state index in [1.807, 2.05) is 57.3 Å². The summed E-state index contributed by atoms with van der Waals surface area (Å²) in [5, 5.41) is 0. The maximum Gasteiger partial charge on any atom is 0.500 e. The molecular formula is C23H31NO3S9Si. The van der Waals surface area contributed by atoms with E-state index in [1.54, 1.807) is 61.4 Å². The van der Waals surface area contributed by atoms with Crippen molar-refractivity contribution in [1.29, 1.82) is 0 Å². The summed E-state index contributed by atoms with van der Waals surface area (Å²) in [4.78, 5) is 6.00. The number of aromatic nitrogens is 1. The molecular weight excluding hydrogens is 655 g/mol. The lowest BCUT2D eigenvalue weighted by Crippen LogP contribution is -2.46. The van der Waals surface area contributed by atoms with Gasteiger partial charge in [0, 0.05) is 30.8 Å². The average Bonchev–Trinajstić information content (AvgIpc) is 3.30.